The molecule has 13 heavy (non-hydrogen) atoms. The summed E-state index contributed by atoms with van der Waals surface area (Å²) >= 11 is 0. The Morgan fingerprint density at radius 1 is 1.00 bits per heavy atom. The maximum Gasteiger partial charge on any atom is 0.0603 e. The zero-order valence-electron chi connectivity index (χ0n) is 10.2. The molecule has 0 bridgehead atoms. The minimum atomic E-state index is 0.245. The summed E-state index contributed by atoms with van der Waals surface area (Å²) in [5, 5.41) is 0. The predicted octanol–water partition coefficient (Wildman–Crippen LogP) is 3.48. The SMILES string of the molecule is CC1OCC(C)(C)C(C)(C)C1(C)C. The van der Waals surface area contributed by atoms with Gasteiger partial charge in [-0.05, 0) is 23.2 Å². The van der Waals surface area contributed by atoms with Gasteiger partial charge in [0.25, 0.3) is 0 Å². The third-order valence-electron chi connectivity index (χ3n) is 5.01. The number of hydrogen-bond acceptors (Lipinski definition) is 1. The zero-order chi connectivity index (χ0) is 10.5. The Labute approximate surface area is 82.9 Å². The average molecular weight is 184 g/mol. The fourth-order valence-corrected chi connectivity index (χ4v) is 2.10. The quantitative estimate of drug-likeness (QED) is 0.560. The van der Waals surface area contributed by atoms with E-state index >= 15 is 0 Å². The molecule has 1 nitrogen and oxygen atoms in total. The van der Waals surface area contributed by atoms with E-state index in [1.807, 2.05) is 0 Å². The minimum absolute atomic E-state index is 0.245. The third-order valence-corrected chi connectivity index (χ3v) is 5.01. The van der Waals surface area contributed by atoms with Gasteiger partial charge in [-0.25, -0.2) is 0 Å². The molecule has 0 saturated carbocycles. The summed E-state index contributed by atoms with van der Waals surface area (Å²) in [5.74, 6) is 0. The van der Waals surface area contributed by atoms with Crippen molar-refractivity contribution in [1.29, 1.82) is 0 Å². The van der Waals surface area contributed by atoms with Crippen LogP contribution in [0.5, 0.6) is 0 Å². The number of ether oxygens (including phenoxy) is 1. The maximum atomic E-state index is 5.84. The molecule has 1 unspecified atom stereocenters. The molecule has 1 fully saturated rings. The van der Waals surface area contributed by atoms with Crippen LogP contribution in [-0.2, 0) is 4.74 Å². The molecule has 0 aromatic carbocycles. The van der Waals surface area contributed by atoms with E-state index < -0.39 is 0 Å². The van der Waals surface area contributed by atoms with Gasteiger partial charge in [-0.3, -0.25) is 0 Å². The molecule has 0 aromatic heterocycles. The molecular weight excluding hydrogens is 160 g/mol. The van der Waals surface area contributed by atoms with Crippen LogP contribution < -0.4 is 0 Å². The smallest absolute Gasteiger partial charge is 0.0603 e. The largest absolute Gasteiger partial charge is 0.377 e. The Hall–Kier alpha value is -0.0400. The standard InChI is InChI=1S/C12H24O/c1-9-11(4,5)12(6,7)10(2,3)8-13-9/h9H,8H2,1-7H3. The maximum absolute atomic E-state index is 5.84. The Morgan fingerprint density at radius 3 is 1.85 bits per heavy atom. The first kappa shape index (κ1) is 11.0. The van der Waals surface area contributed by atoms with Crippen molar-refractivity contribution in [3.8, 4) is 0 Å². The normalized spacial score (nSPS) is 35.8. The summed E-state index contributed by atoms with van der Waals surface area (Å²) in [7, 11) is 0. The molecule has 0 spiro atoms. The lowest BCUT2D eigenvalue weighted by Gasteiger charge is -2.58. The highest BCUT2D eigenvalue weighted by Crippen LogP contribution is 2.56. The topological polar surface area (TPSA) is 9.23 Å². The van der Waals surface area contributed by atoms with E-state index in [0.717, 1.165) is 6.61 Å². The highest BCUT2D eigenvalue weighted by Gasteiger charge is 2.54. The van der Waals surface area contributed by atoms with Gasteiger partial charge in [-0.15, -0.1) is 0 Å². The first-order valence-corrected chi connectivity index (χ1v) is 5.24. The van der Waals surface area contributed by atoms with E-state index in [2.05, 4.69) is 48.5 Å². The van der Waals surface area contributed by atoms with Gasteiger partial charge >= 0.3 is 0 Å². The summed E-state index contributed by atoms with van der Waals surface area (Å²) in [5.41, 5.74) is 0.829. The highest BCUT2D eigenvalue weighted by atomic mass is 16.5. The molecule has 0 aliphatic carbocycles. The predicted molar refractivity (Wildman–Crippen MR) is 56.8 cm³/mol. The van der Waals surface area contributed by atoms with Crippen molar-refractivity contribution in [2.24, 2.45) is 16.2 Å². The van der Waals surface area contributed by atoms with Gasteiger partial charge in [-0.1, -0.05) is 41.5 Å². The van der Waals surface area contributed by atoms with Crippen molar-refractivity contribution < 1.29 is 4.74 Å². The van der Waals surface area contributed by atoms with E-state index in [9.17, 15) is 0 Å². The zero-order valence-corrected chi connectivity index (χ0v) is 10.2. The molecule has 1 aliphatic heterocycles. The molecule has 1 atom stereocenters. The van der Waals surface area contributed by atoms with Crippen LogP contribution in [0.15, 0.2) is 0 Å². The molecule has 1 aliphatic rings. The molecule has 1 heteroatoms. The van der Waals surface area contributed by atoms with Crippen molar-refractivity contribution in [1.82, 2.24) is 0 Å². The monoisotopic (exact) mass is 184 g/mol. The Balaban J connectivity index is 3.07. The van der Waals surface area contributed by atoms with Crippen LogP contribution in [0.1, 0.15) is 48.5 Å². The van der Waals surface area contributed by atoms with Crippen molar-refractivity contribution in [2.45, 2.75) is 54.6 Å². The van der Waals surface area contributed by atoms with Crippen molar-refractivity contribution in [3.63, 3.8) is 0 Å². The van der Waals surface area contributed by atoms with Gasteiger partial charge in [0.05, 0.1) is 12.7 Å². The molecule has 78 valence electrons. The van der Waals surface area contributed by atoms with E-state index in [4.69, 9.17) is 4.74 Å². The van der Waals surface area contributed by atoms with E-state index in [0.29, 0.717) is 11.5 Å². The molecular formula is C12H24O. The van der Waals surface area contributed by atoms with Gasteiger partial charge in [0.15, 0.2) is 0 Å². The van der Waals surface area contributed by atoms with Crippen LogP contribution in [0.2, 0.25) is 0 Å². The fourth-order valence-electron chi connectivity index (χ4n) is 2.10. The second-order valence-corrected chi connectivity index (χ2v) is 6.18. The van der Waals surface area contributed by atoms with Gasteiger partial charge in [0.2, 0.25) is 0 Å². The van der Waals surface area contributed by atoms with E-state index in [1.54, 1.807) is 0 Å². The Bertz CT molecular complexity index is 201. The fraction of sp³-hybridized carbons (Fsp3) is 1.00. The summed E-state index contributed by atoms with van der Waals surface area (Å²) in [6.07, 6.45) is 0.357. The molecule has 0 N–H and O–H groups in total. The lowest BCUT2D eigenvalue weighted by Crippen LogP contribution is -2.57. The molecule has 1 heterocycles. The van der Waals surface area contributed by atoms with Crippen molar-refractivity contribution in [2.75, 3.05) is 6.61 Å². The van der Waals surface area contributed by atoms with Crippen molar-refractivity contribution >= 4 is 0 Å². The molecule has 1 saturated heterocycles. The van der Waals surface area contributed by atoms with Crippen molar-refractivity contribution in [3.05, 3.63) is 0 Å². The molecule has 0 amide bonds. The first-order chi connectivity index (χ1) is 5.63. The van der Waals surface area contributed by atoms with Gasteiger partial charge < -0.3 is 4.74 Å². The lowest BCUT2D eigenvalue weighted by atomic mass is 9.52. The summed E-state index contributed by atoms with van der Waals surface area (Å²) in [6, 6.07) is 0. The lowest BCUT2D eigenvalue weighted by molar-refractivity contribution is -0.201. The van der Waals surface area contributed by atoms with Gasteiger partial charge in [-0.2, -0.15) is 0 Å². The van der Waals surface area contributed by atoms with Crippen LogP contribution >= 0.6 is 0 Å². The second kappa shape index (κ2) is 2.73. The van der Waals surface area contributed by atoms with Gasteiger partial charge in [0.1, 0.15) is 0 Å². The second-order valence-electron chi connectivity index (χ2n) is 6.18. The first-order valence-electron chi connectivity index (χ1n) is 5.24. The Kier molecular flexibility index (Phi) is 2.31. The molecule has 0 radical (unpaired) electrons. The molecule has 0 aromatic rings. The summed E-state index contributed by atoms with van der Waals surface area (Å²) in [4.78, 5) is 0. The van der Waals surface area contributed by atoms with Gasteiger partial charge in [0, 0.05) is 0 Å². The summed E-state index contributed by atoms with van der Waals surface area (Å²) in [6.45, 7) is 17.1. The summed E-state index contributed by atoms with van der Waals surface area (Å²) < 4.78 is 5.84. The highest BCUT2D eigenvalue weighted by molar-refractivity contribution is 5.02. The van der Waals surface area contributed by atoms with E-state index in [-0.39, 0.29) is 10.8 Å². The third kappa shape index (κ3) is 1.32. The van der Waals surface area contributed by atoms with Crippen LogP contribution in [0.4, 0.5) is 0 Å². The van der Waals surface area contributed by atoms with E-state index in [1.165, 1.54) is 0 Å². The Morgan fingerprint density at radius 2 is 1.46 bits per heavy atom. The van der Waals surface area contributed by atoms with Crippen LogP contribution in [-0.4, -0.2) is 12.7 Å². The van der Waals surface area contributed by atoms with Crippen LogP contribution in [0, 0.1) is 16.2 Å². The van der Waals surface area contributed by atoms with Crippen LogP contribution in [0.25, 0.3) is 0 Å². The minimum Gasteiger partial charge on any atom is -0.377 e. The average Bonchev–Trinajstić information content (AvgIpc) is 1.97. The number of hydrogen-bond donors (Lipinski definition) is 0. The van der Waals surface area contributed by atoms with Crippen LogP contribution in [0.3, 0.4) is 0 Å². The number of rotatable bonds is 0. The molecule has 1 rings (SSSR count).